The van der Waals surface area contributed by atoms with Gasteiger partial charge in [0.2, 0.25) is 0 Å². The highest BCUT2D eigenvalue weighted by atomic mass is 16.5. The predicted octanol–water partition coefficient (Wildman–Crippen LogP) is 1.15. The SMILES string of the molecule is O=C(NC1CC2CCC1O2)c1cc(O)cc(O)c1. The molecule has 2 fully saturated rings. The summed E-state index contributed by atoms with van der Waals surface area (Å²) < 4.78 is 5.66. The van der Waals surface area contributed by atoms with Crippen molar-refractivity contribution < 1.29 is 19.7 Å². The third-order valence-electron chi connectivity index (χ3n) is 3.59. The summed E-state index contributed by atoms with van der Waals surface area (Å²) in [5.41, 5.74) is 0.260. The van der Waals surface area contributed by atoms with Crippen molar-refractivity contribution in [3.63, 3.8) is 0 Å². The zero-order chi connectivity index (χ0) is 12.7. The number of carbonyl (C=O) groups is 1. The molecule has 0 aromatic heterocycles. The Hall–Kier alpha value is -1.75. The number of benzene rings is 1. The first kappa shape index (κ1) is 11.3. The van der Waals surface area contributed by atoms with Gasteiger partial charge < -0.3 is 20.3 Å². The Balaban J connectivity index is 1.71. The molecule has 2 saturated heterocycles. The van der Waals surface area contributed by atoms with Gasteiger partial charge in [0, 0.05) is 11.6 Å². The fourth-order valence-corrected chi connectivity index (χ4v) is 2.77. The number of aromatic hydroxyl groups is 2. The zero-order valence-electron chi connectivity index (χ0n) is 9.80. The quantitative estimate of drug-likeness (QED) is 0.734. The average molecular weight is 249 g/mol. The summed E-state index contributed by atoms with van der Waals surface area (Å²) in [6.07, 6.45) is 3.30. The summed E-state index contributed by atoms with van der Waals surface area (Å²) in [7, 11) is 0. The van der Waals surface area contributed by atoms with Crippen LogP contribution >= 0.6 is 0 Å². The maximum Gasteiger partial charge on any atom is 0.251 e. The first-order chi connectivity index (χ1) is 8.61. The molecule has 5 nitrogen and oxygen atoms in total. The lowest BCUT2D eigenvalue weighted by Gasteiger charge is -2.20. The van der Waals surface area contributed by atoms with Gasteiger partial charge in [0.15, 0.2) is 0 Å². The molecule has 3 N–H and O–H groups in total. The summed E-state index contributed by atoms with van der Waals surface area (Å²) in [6, 6.07) is 3.91. The maximum atomic E-state index is 12.0. The van der Waals surface area contributed by atoms with E-state index in [9.17, 15) is 15.0 Å². The Bertz CT molecular complexity index is 468. The number of nitrogens with one attached hydrogen (secondary N) is 1. The molecule has 1 aromatic rings. The average Bonchev–Trinajstić information content (AvgIpc) is 2.89. The summed E-state index contributed by atoms with van der Waals surface area (Å²) in [6.45, 7) is 0. The van der Waals surface area contributed by atoms with Crippen molar-refractivity contribution in [2.75, 3.05) is 0 Å². The number of ether oxygens (including phenoxy) is 1. The third-order valence-corrected chi connectivity index (χ3v) is 3.59. The van der Waals surface area contributed by atoms with Crippen molar-refractivity contribution in [2.24, 2.45) is 0 Å². The fraction of sp³-hybridized carbons (Fsp3) is 0.462. The first-order valence-electron chi connectivity index (χ1n) is 6.11. The largest absolute Gasteiger partial charge is 0.508 e. The van der Waals surface area contributed by atoms with E-state index in [4.69, 9.17) is 4.74 Å². The number of rotatable bonds is 2. The van der Waals surface area contributed by atoms with Crippen molar-refractivity contribution in [3.8, 4) is 11.5 Å². The van der Waals surface area contributed by atoms with Crippen LogP contribution in [0.3, 0.4) is 0 Å². The van der Waals surface area contributed by atoms with E-state index in [0.717, 1.165) is 19.3 Å². The van der Waals surface area contributed by atoms with Crippen LogP contribution in [0.4, 0.5) is 0 Å². The van der Waals surface area contributed by atoms with Crippen LogP contribution < -0.4 is 5.32 Å². The minimum Gasteiger partial charge on any atom is -0.508 e. The van der Waals surface area contributed by atoms with Gasteiger partial charge in [0.1, 0.15) is 11.5 Å². The lowest BCUT2D eigenvalue weighted by Crippen LogP contribution is -2.41. The van der Waals surface area contributed by atoms with Crippen molar-refractivity contribution in [2.45, 2.75) is 37.5 Å². The molecule has 5 heteroatoms. The van der Waals surface area contributed by atoms with Crippen molar-refractivity contribution in [1.82, 2.24) is 5.32 Å². The smallest absolute Gasteiger partial charge is 0.251 e. The van der Waals surface area contributed by atoms with Crippen molar-refractivity contribution in [1.29, 1.82) is 0 Å². The third kappa shape index (κ3) is 2.01. The zero-order valence-corrected chi connectivity index (χ0v) is 9.80. The predicted molar refractivity (Wildman–Crippen MR) is 63.5 cm³/mol. The molecule has 96 valence electrons. The molecule has 0 spiro atoms. The molecule has 3 unspecified atom stereocenters. The van der Waals surface area contributed by atoms with Crippen LogP contribution in [0.1, 0.15) is 29.6 Å². The lowest BCUT2D eigenvalue weighted by atomic mass is 9.95. The van der Waals surface area contributed by atoms with Crippen LogP contribution in [0.15, 0.2) is 18.2 Å². The van der Waals surface area contributed by atoms with Gasteiger partial charge in [-0.05, 0) is 31.4 Å². The van der Waals surface area contributed by atoms with E-state index in [1.807, 2.05) is 0 Å². The van der Waals surface area contributed by atoms with E-state index in [1.54, 1.807) is 0 Å². The molecule has 0 radical (unpaired) electrons. The summed E-state index contributed by atoms with van der Waals surface area (Å²) >= 11 is 0. The maximum absolute atomic E-state index is 12.0. The van der Waals surface area contributed by atoms with Gasteiger partial charge in [-0.15, -0.1) is 0 Å². The lowest BCUT2D eigenvalue weighted by molar-refractivity contribution is 0.0840. The fourth-order valence-electron chi connectivity index (χ4n) is 2.77. The van der Waals surface area contributed by atoms with E-state index in [2.05, 4.69) is 5.32 Å². The highest BCUT2D eigenvalue weighted by Gasteiger charge is 2.41. The summed E-state index contributed by atoms with van der Waals surface area (Å²) in [5.74, 6) is -0.531. The molecular weight excluding hydrogens is 234 g/mol. The minimum absolute atomic E-state index is 0.0424. The van der Waals surface area contributed by atoms with Crippen LogP contribution in [0.25, 0.3) is 0 Å². The number of phenolic OH excluding ortho intramolecular Hbond substituents is 2. The molecule has 2 heterocycles. The second-order valence-electron chi connectivity index (χ2n) is 4.93. The van der Waals surface area contributed by atoms with E-state index >= 15 is 0 Å². The van der Waals surface area contributed by atoms with E-state index in [1.165, 1.54) is 18.2 Å². The molecule has 3 atom stereocenters. The van der Waals surface area contributed by atoms with Gasteiger partial charge in [0.25, 0.3) is 5.91 Å². The van der Waals surface area contributed by atoms with Gasteiger partial charge in [0.05, 0.1) is 18.2 Å². The monoisotopic (exact) mass is 249 g/mol. The Kier molecular flexibility index (Phi) is 2.63. The highest BCUT2D eigenvalue weighted by Crippen LogP contribution is 2.34. The molecule has 3 rings (SSSR count). The van der Waals surface area contributed by atoms with E-state index in [0.29, 0.717) is 0 Å². The summed E-state index contributed by atoms with van der Waals surface area (Å²) in [5, 5.41) is 21.6. The number of phenols is 2. The molecule has 1 amide bonds. The number of carbonyl (C=O) groups excluding carboxylic acids is 1. The van der Waals surface area contributed by atoms with Crippen LogP contribution in [0, 0.1) is 0 Å². The minimum atomic E-state index is -0.289. The number of amides is 1. The van der Waals surface area contributed by atoms with Crippen molar-refractivity contribution >= 4 is 5.91 Å². The van der Waals surface area contributed by atoms with Gasteiger partial charge in [-0.25, -0.2) is 0 Å². The molecule has 0 saturated carbocycles. The molecule has 1 aromatic carbocycles. The molecule has 2 bridgehead atoms. The van der Waals surface area contributed by atoms with Crippen LogP contribution in [0.5, 0.6) is 11.5 Å². The van der Waals surface area contributed by atoms with Gasteiger partial charge in [-0.2, -0.15) is 0 Å². The van der Waals surface area contributed by atoms with Crippen LogP contribution in [0.2, 0.25) is 0 Å². The molecule has 0 aliphatic carbocycles. The van der Waals surface area contributed by atoms with Gasteiger partial charge in [-0.3, -0.25) is 4.79 Å². The topological polar surface area (TPSA) is 78.8 Å². The Morgan fingerprint density at radius 3 is 2.50 bits per heavy atom. The Labute approximate surface area is 104 Å². The van der Waals surface area contributed by atoms with Gasteiger partial charge in [-0.1, -0.05) is 0 Å². The van der Waals surface area contributed by atoms with E-state index in [-0.39, 0.29) is 41.2 Å². The second kappa shape index (κ2) is 4.17. The number of hydrogen-bond donors (Lipinski definition) is 3. The Morgan fingerprint density at radius 1 is 1.22 bits per heavy atom. The van der Waals surface area contributed by atoms with Crippen LogP contribution in [-0.4, -0.2) is 34.4 Å². The van der Waals surface area contributed by atoms with E-state index < -0.39 is 0 Å². The van der Waals surface area contributed by atoms with Gasteiger partial charge >= 0.3 is 0 Å². The molecule has 2 aliphatic rings. The normalized spacial score (nSPS) is 29.4. The number of fused-ring (bicyclic) bond motifs is 2. The molecule has 2 aliphatic heterocycles. The molecule has 18 heavy (non-hydrogen) atoms. The second-order valence-corrected chi connectivity index (χ2v) is 4.93. The Morgan fingerprint density at radius 2 is 1.94 bits per heavy atom. The van der Waals surface area contributed by atoms with Crippen molar-refractivity contribution in [3.05, 3.63) is 23.8 Å². The standard InChI is InChI=1S/C13H15NO4/c15-8-3-7(4-9(16)5-8)13(17)14-11-6-10-1-2-12(11)18-10/h3-5,10-12,15-16H,1-2,6H2,(H,14,17). The highest BCUT2D eigenvalue weighted by molar-refractivity contribution is 5.95. The first-order valence-corrected chi connectivity index (χ1v) is 6.11. The molecular formula is C13H15NO4. The summed E-state index contributed by atoms with van der Waals surface area (Å²) in [4.78, 5) is 12.0. The number of hydrogen-bond acceptors (Lipinski definition) is 4. The van der Waals surface area contributed by atoms with Crippen LogP contribution in [-0.2, 0) is 4.74 Å².